The van der Waals surface area contributed by atoms with E-state index in [1.165, 1.54) is 12.1 Å². The lowest BCUT2D eigenvalue weighted by Gasteiger charge is -2.35. The summed E-state index contributed by atoms with van der Waals surface area (Å²) in [6, 6.07) is 9.08. The van der Waals surface area contributed by atoms with Gasteiger partial charge in [-0.15, -0.1) is 0 Å². The summed E-state index contributed by atoms with van der Waals surface area (Å²) in [6.07, 6.45) is 5.41. The number of halogens is 2. The molecule has 0 bridgehead atoms. The fourth-order valence-electron chi connectivity index (χ4n) is 3.19. The Kier molecular flexibility index (Phi) is 4.27. The van der Waals surface area contributed by atoms with Gasteiger partial charge in [-0.2, -0.15) is 0 Å². The highest BCUT2D eigenvalue weighted by Gasteiger charge is 2.31. The van der Waals surface area contributed by atoms with Crippen LogP contribution < -0.4 is 14.5 Å². The zero-order valence-electron chi connectivity index (χ0n) is 14.8. The van der Waals surface area contributed by atoms with Crippen LogP contribution in [0.3, 0.4) is 0 Å². The van der Waals surface area contributed by atoms with Gasteiger partial charge in [-0.3, -0.25) is 5.01 Å². The quantitative estimate of drug-likeness (QED) is 0.817. The molecule has 0 N–H and O–H groups in total. The maximum absolute atomic E-state index is 14.4. The van der Waals surface area contributed by atoms with Gasteiger partial charge in [0.2, 0.25) is 0 Å². The molecule has 2 aliphatic rings. The van der Waals surface area contributed by atoms with Gasteiger partial charge in [0.05, 0.1) is 32.1 Å². The number of fused-ring (bicyclic) bond motifs is 1. The van der Waals surface area contributed by atoms with Crippen LogP contribution >= 0.6 is 0 Å². The Labute approximate surface area is 155 Å². The minimum absolute atomic E-state index is 0.270. The SMILES string of the molecule is COc1ccc(C2=CC=NC3=CCN(c4ccc(F)cc4F)N32)cc1OC. The number of aliphatic imine (C=N–C) groups is 1. The minimum atomic E-state index is -0.633. The molecule has 5 nitrogen and oxygen atoms in total. The predicted octanol–water partition coefficient (Wildman–Crippen LogP) is 3.99. The monoisotopic (exact) mass is 369 g/mol. The molecule has 2 aromatic rings. The second-order valence-electron chi connectivity index (χ2n) is 5.95. The molecular formula is C20H17F2N3O2. The molecule has 0 saturated heterocycles. The van der Waals surface area contributed by atoms with E-state index in [4.69, 9.17) is 9.47 Å². The molecule has 0 spiro atoms. The van der Waals surface area contributed by atoms with Gasteiger partial charge in [0.15, 0.2) is 17.3 Å². The second kappa shape index (κ2) is 6.75. The fraction of sp³-hybridized carbons (Fsp3) is 0.150. The number of benzene rings is 2. The number of rotatable bonds is 4. The summed E-state index contributed by atoms with van der Waals surface area (Å²) in [7, 11) is 3.14. The number of hydrogen-bond acceptors (Lipinski definition) is 5. The van der Waals surface area contributed by atoms with E-state index >= 15 is 0 Å². The minimum Gasteiger partial charge on any atom is -0.493 e. The highest BCUT2D eigenvalue weighted by molar-refractivity contribution is 5.88. The van der Waals surface area contributed by atoms with E-state index in [2.05, 4.69) is 4.99 Å². The molecule has 27 heavy (non-hydrogen) atoms. The van der Waals surface area contributed by atoms with Gasteiger partial charge in [0.1, 0.15) is 11.6 Å². The number of allylic oxidation sites excluding steroid dienone is 1. The average Bonchev–Trinajstić information content (AvgIpc) is 3.11. The Morgan fingerprint density at radius 1 is 1.00 bits per heavy atom. The van der Waals surface area contributed by atoms with E-state index in [1.807, 2.05) is 30.4 Å². The van der Waals surface area contributed by atoms with Crippen molar-refractivity contribution in [2.45, 2.75) is 0 Å². The molecule has 4 rings (SSSR count). The first-order valence-electron chi connectivity index (χ1n) is 8.32. The lowest BCUT2D eigenvalue weighted by atomic mass is 10.1. The number of hydrazine groups is 1. The molecule has 0 unspecified atom stereocenters. The highest BCUT2D eigenvalue weighted by Crippen LogP contribution is 2.38. The first-order chi connectivity index (χ1) is 13.1. The van der Waals surface area contributed by atoms with Gasteiger partial charge in [-0.25, -0.2) is 18.8 Å². The third-order valence-corrected chi connectivity index (χ3v) is 4.44. The van der Waals surface area contributed by atoms with Crippen LogP contribution in [0.15, 0.2) is 59.4 Å². The van der Waals surface area contributed by atoms with E-state index in [-0.39, 0.29) is 5.69 Å². The standard InChI is InChI=1S/C20H17F2N3O2/c1-26-18-6-3-13(11-19(18)27-2)16-7-9-23-20-8-10-24(25(16)20)17-5-4-14(21)12-15(17)22/h3-9,11-12H,10H2,1-2H3. The lowest BCUT2D eigenvalue weighted by molar-refractivity contribution is 0.354. The number of nitrogens with zero attached hydrogens (tertiary/aromatic N) is 3. The largest absolute Gasteiger partial charge is 0.493 e. The first-order valence-corrected chi connectivity index (χ1v) is 8.32. The summed E-state index contributed by atoms with van der Waals surface area (Å²) in [4.78, 5) is 4.36. The van der Waals surface area contributed by atoms with Crippen molar-refractivity contribution in [3.05, 3.63) is 71.6 Å². The molecule has 0 aliphatic carbocycles. The average molecular weight is 369 g/mol. The van der Waals surface area contributed by atoms with Crippen molar-refractivity contribution in [2.75, 3.05) is 25.8 Å². The van der Waals surface area contributed by atoms with Gasteiger partial charge in [0.25, 0.3) is 0 Å². The smallest absolute Gasteiger partial charge is 0.161 e. The van der Waals surface area contributed by atoms with Gasteiger partial charge in [-0.05, 0) is 42.5 Å². The molecule has 0 atom stereocenters. The lowest BCUT2D eigenvalue weighted by Crippen LogP contribution is -2.37. The van der Waals surface area contributed by atoms with Crippen molar-refractivity contribution in [3.8, 4) is 11.5 Å². The van der Waals surface area contributed by atoms with Crippen molar-refractivity contribution < 1.29 is 18.3 Å². The van der Waals surface area contributed by atoms with Gasteiger partial charge in [-0.1, -0.05) is 0 Å². The second-order valence-corrected chi connectivity index (χ2v) is 5.95. The van der Waals surface area contributed by atoms with Crippen LogP contribution in [0.25, 0.3) is 5.70 Å². The zero-order valence-corrected chi connectivity index (χ0v) is 14.8. The van der Waals surface area contributed by atoms with E-state index in [1.54, 1.807) is 30.5 Å². The van der Waals surface area contributed by atoms with E-state index in [0.29, 0.717) is 23.9 Å². The summed E-state index contributed by atoms with van der Waals surface area (Å²) in [5.74, 6) is 0.625. The van der Waals surface area contributed by atoms with Gasteiger partial charge >= 0.3 is 0 Å². The van der Waals surface area contributed by atoms with Gasteiger partial charge in [0, 0.05) is 17.8 Å². The van der Waals surface area contributed by atoms with E-state index in [9.17, 15) is 8.78 Å². The molecule has 2 heterocycles. The van der Waals surface area contributed by atoms with Crippen molar-refractivity contribution in [1.82, 2.24) is 5.01 Å². The summed E-state index contributed by atoms with van der Waals surface area (Å²) >= 11 is 0. The van der Waals surface area contributed by atoms with Crippen molar-refractivity contribution in [3.63, 3.8) is 0 Å². The molecule has 0 amide bonds. The molecule has 7 heteroatoms. The van der Waals surface area contributed by atoms with Crippen LogP contribution in [0.2, 0.25) is 0 Å². The van der Waals surface area contributed by atoms with Crippen LogP contribution in [0.5, 0.6) is 11.5 Å². The molecular weight excluding hydrogens is 352 g/mol. The molecule has 0 saturated carbocycles. The summed E-state index contributed by atoms with van der Waals surface area (Å²) in [5, 5.41) is 3.51. The van der Waals surface area contributed by atoms with Crippen molar-refractivity contribution in [2.24, 2.45) is 4.99 Å². The Bertz CT molecular complexity index is 985. The summed E-state index contributed by atoms with van der Waals surface area (Å²) in [5.41, 5.74) is 1.91. The number of methoxy groups -OCH3 is 2. The molecule has 0 radical (unpaired) electrons. The molecule has 2 aromatic carbocycles. The topological polar surface area (TPSA) is 37.3 Å². The summed E-state index contributed by atoms with van der Waals surface area (Å²) in [6.45, 7) is 0.417. The first kappa shape index (κ1) is 17.1. The maximum atomic E-state index is 14.4. The Hall–Kier alpha value is -3.35. The van der Waals surface area contributed by atoms with Crippen LogP contribution in [-0.4, -0.2) is 32.0 Å². The third kappa shape index (κ3) is 2.91. The van der Waals surface area contributed by atoms with Crippen LogP contribution in [0.1, 0.15) is 5.56 Å². The number of anilines is 1. The van der Waals surface area contributed by atoms with E-state index < -0.39 is 11.6 Å². The van der Waals surface area contributed by atoms with E-state index in [0.717, 1.165) is 17.3 Å². The molecule has 0 fully saturated rings. The zero-order chi connectivity index (χ0) is 19.0. The third-order valence-electron chi connectivity index (χ3n) is 4.44. The maximum Gasteiger partial charge on any atom is 0.161 e. The van der Waals surface area contributed by atoms with Crippen molar-refractivity contribution in [1.29, 1.82) is 0 Å². The Morgan fingerprint density at radius 2 is 1.81 bits per heavy atom. The molecule has 0 aromatic heterocycles. The van der Waals surface area contributed by atoms with Gasteiger partial charge < -0.3 is 9.47 Å². The Balaban J connectivity index is 1.76. The predicted molar refractivity (Wildman–Crippen MR) is 99.6 cm³/mol. The fourth-order valence-corrected chi connectivity index (χ4v) is 3.19. The number of ether oxygens (including phenoxy) is 2. The number of hydrogen-bond donors (Lipinski definition) is 0. The van der Waals surface area contributed by atoms with Crippen LogP contribution in [0.4, 0.5) is 14.5 Å². The van der Waals surface area contributed by atoms with Crippen molar-refractivity contribution >= 4 is 17.6 Å². The van der Waals surface area contributed by atoms with Crippen LogP contribution in [-0.2, 0) is 0 Å². The summed E-state index contributed by atoms with van der Waals surface area (Å²) < 4.78 is 38.4. The van der Waals surface area contributed by atoms with Crippen LogP contribution in [0, 0.1) is 11.6 Å². The molecule has 2 aliphatic heterocycles. The normalized spacial score (nSPS) is 15.4. The Morgan fingerprint density at radius 3 is 2.56 bits per heavy atom. The molecule has 138 valence electrons. The highest BCUT2D eigenvalue weighted by atomic mass is 19.1.